The standard InChI is InChI=1S/C9H14N2O2S2/c1-10-8-4-5-11(7-8)15(12,13)9-3-2-6-14-9/h2-3,6,8,10H,4-5,7H2,1H3. The zero-order valence-electron chi connectivity index (χ0n) is 8.51. The first-order valence-electron chi connectivity index (χ1n) is 4.85. The van der Waals surface area contributed by atoms with E-state index in [1.165, 1.54) is 11.3 Å². The lowest BCUT2D eigenvalue weighted by Gasteiger charge is -2.14. The van der Waals surface area contributed by atoms with Gasteiger partial charge >= 0.3 is 0 Å². The van der Waals surface area contributed by atoms with E-state index < -0.39 is 10.0 Å². The Morgan fingerprint density at radius 3 is 2.93 bits per heavy atom. The Labute approximate surface area is 94.0 Å². The molecule has 0 saturated carbocycles. The lowest BCUT2D eigenvalue weighted by Crippen LogP contribution is -2.33. The Bertz CT molecular complexity index is 413. The molecule has 1 aliphatic heterocycles. The zero-order chi connectivity index (χ0) is 10.9. The average molecular weight is 246 g/mol. The van der Waals surface area contributed by atoms with E-state index in [0.29, 0.717) is 23.3 Å². The maximum Gasteiger partial charge on any atom is 0.252 e. The van der Waals surface area contributed by atoms with E-state index in [0.717, 1.165) is 6.42 Å². The zero-order valence-corrected chi connectivity index (χ0v) is 10.1. The summed E-state index contributed by atoms with van der Waals surface area (Å²) < 4.78 is 26.1. The van der Waals surface area contributed by atoms with Crippen molar-refractivity contribution in [2.24, 2.45) is 0 Å². The Morgan fingerprint density at radius 1 is 1.60 bits per heavy atom. The predicted octanol–water partition coefficient (Wildman–Crippen LogP) is 0.731. The molecule has 0 bridgehead atoms. The normalized spacial score (nSPS) is 23.4. The average Bonchev–Trinajstić information content (AvgIpc) is 2.89. The van der Waals surface area contributed by atoms with Crippen LogP contribution in [0.15, 0.2) is 21.7 Å². The highest BCUT2D eigenvalue weighted by molar-refractivity contribution is 7.91. The summed E-state index contributed by atoms with van der Waals surface area (Å²) in [4.78, 5) is 0. The third-order valence-corrected chi connectivity index (χ3v) is 5.89. The van der Waals surface area contributed by atoms with Gasteiger partial charge in [-0.1, -0.05) is 6.07 Å². The van der Waals surface area contributed by atoms with Gasteiger partial charge in [-0.15, -0.1) is 11.3 Å². The highest BCUT2D eigenvalue weighted by Gasteiger charge is 2.32. The van der Waals surface area contributed by atoms with Crippen LogP contribution in [-0.4, -0.2) is 38.9 Å². The van der Waals surface area contributed by atoms with Crippen molar-refractivity contribution < 1.29 is 8.42 Å². The molecule has 1 aromatic rings. The molecule has 6 heteroatoms. The van der Waals surface area contributed by atoms with E-state index in [-0.39, 0.29) is 0 Å². The Balaban J connectivity index is 2.18. The largest absolute Gasteiger partial charge is 0.316 e. The van der Waals surface area contributed by atoms with E-state index in [9.17, 15) is 8.42 Å². The molecule has 0 amide bonds. The second-order valence-corrected chi connectivity index (χ2v) is 6.68. The monoisotopic (exact) mass is 246 g/mol. The second kappa shape index (κ2) is 4.21. The van der Waals surface area contributed by atoms with Crippen LogP contribution < -0.4 is 5.32 Å². The smallest absolute Gasteiger partial charge is 0.252 e. The Kier molecular flexibility index (Phi) is 3.11. The van der Waals surface area contributed by atoms with Gasteiger partial charge in [0.05, 0.1) is 0 Å². The SMILES string of the molecule is CNC1CCN(S(=O)(=O)c2cccs2)C1. The van der Waals surface area contributed by atoms with Crippen molar-refractivity contribution in [1.29, 1.82) is 0 Å². The highest BCUT2D eigenvalue weighted by atomic mass is 32.2. The number of hydrogen-bond acceptors (Lipinski definition) is 4. The molecule has 15 heavy (non-hydrogen) atoms. The van der Waals surface area contributed by atoms with Crippen LogP contribution >= 0.6 is 11.3 Å². The minimum Gasteiger partial charge on any atom is -0.316 e. The van der Waals surface area contributed by atoms with Gasteiger partial charge in [-0.05, 0) is 24.9 Å². The van der Waals surface area contributed by atoms with Gasteiger partial charge in [0.2, 0.25) is 0 Å². The maximum absolute atomic E-state index is 12.1. The van der Waals surface area contributed by atoms with Crippen LogP contribution in [0.3, 0.4) is 0 Å². The fourth-order valence-corrected chi connectivity index (χ4v) is 4.36. The molecule has 1 fully saturated rings. The molecule has 1 unspecified atom stereocenters. The van der Waals surface area contributed by atoms with Crippen LogP contribution in [0, 0.1) is 0 Å². The molecule has 1 N–H and O–H groups in total. The molecule has 1 atom stereocenters. The van der Waals surface area contributed by atoms with E-state index in [1.54, 1.807) is 21.8 Å². The van der Waals surface area contributed by atoms with E-state index in [1.807, 2.05) is 7.05 Å². The van der Waals surface area contributed by atoms with Crippen LogP contribution in [0.2, 0.25) is 0 Å². The molecular formula is C9H14N2O2S2. The van der Waals surface area contributed by atoms with Crippen LogP contribution in [0.25, 0.3) is 0 Å². The molecule has 1 aliphatic rings. The van der Waals surface area contributed by atoms with Crippen LogP contribution in [0.5, 0.6) is 0 Å². The summed E-state index contributed by atoms with van der Waals surface area (Å²) in [5.41, 5.74) is 0. The summed E-state index contributed by atoms with van der Waals surface area (Å²) in [5, 5.41) is 4.90. The van der Waals surface area contributed by atoms with Gasteiger partial charge in [0, 0.05) is 19.1 Å². The molecular weight excluding hydrogens is 232 g/mol. The Morgan fingerprint density at radius 2 is 2.40 bits per heavy atom. The predicted molar refractivity (Wildman–Crippen MR) is 60.5 cm³/mol. The molecule has 0 aromatic carbocycles. The fourth-order valence-electron chi connectivity index (χ4n) is 1.72. The van der Waals surface area contributed by atoms with Crippen molar-refractivity contribution >= 4 is 21.4 Å². The van der Waals surface area contributed by atoms with Crippen molar-refractivity contribution in [2.45, 2.75) is 16.7 Å². The van der Waals surface area contributed by atoms with Crippen LogP contribution in [0.4, 0.5) is 0 Å². The van der Waals surface area contributed by atoms with Crippen molar-refractivity contribution in [1.82, 2.24) is 9.62 Å². The number of likely N-dealkylation sites (N-methyl/N-ethyl adjacent to an activating group) is 1. The molecule has 1 saturated heterocycles. The van der Waals surface area contributed by atoms with Crippen molar-refractivity contribution in [3.8, 4) is 0 Å². The third kappa shape index (κ3) is 2.08. The lowest BCUT2D eigenvalue weighted by atomic mass is 10.3. The van der Waals surface area contributed by atoms with Crippen molar-refractivity contribution in [3.63, 3.8) is 0 Å². The number of thiophene rings is 1. The molecule has 0 spiro atoms. The summed E-state index contributed by atoms with van der Waals surface area (Å²) in [5.74, 6) is 0. The summed E-state index contributed by atoms with van der Waals surface area (Å²) in [7, 11) is -1.36. The van der Waals surface area contributed by atoms with Crippen LogP contribution in [0.1, 0.15) is 6.42 Å². The van der Waals surface area contributed by atoms with E-state index >= 15 is 0 Å². The number of rotatable bonds is 3. The number of sulfonamides is 1. The van der Waals surface area contributed by atoms with Gasteiger partial charge in [0.25, 0.3) is 10.0 Å². The minimum absolute atomic E-state index is 0.291. The van der Waals surface area contributed by atoms with Gasteiger partial charge in [0.15, 0.2) is 0 Å². The Hall–Kier alpha value is -0.430. The number of nitrogens with one attached hydrogen (secondary N) is 1. The first-order chi connectivity index (χ1) is 7.14. The first kappa shape index (κ1) is 11.1. The minimum atomic E-state index is -3.23. The summed E-state index contributed by atoms with van der Waals surface area (Å²) in [6, 6.07) is 3.72. The van der Waals surface area contributed by atoms with E-state index in [2.05, 4.69) is 5.32 Å². The molecule has 1 aromatic heterocycles. The maximum atomic E-state index is 12.1. The van der Waals surface area contributed by atoms with Gasteiger partial charge in [-0.2, -0.15) is 4.31 Å². The molecule has 0 aliphatic carbocycles. The fraction of sp³-hybridized carbons (Fsp3) is 0.556. The van der Waals surface area contributed by atoms with Gasteiger partial charge in [-0.25, -0.2) is 8.42 Å². The third-order valence-electron chi connectivity index (χ3n) is 2.65. The van der Waals surface area contributed by atoms with E-state index in [4.69, 9.17) is 0 Å². The quantitative estimate of drug-likeness (QED) is 0.855. The molecule has 2 rings (SSSR count). The highest BCUT2D eigenvalue weighted by Crippen LogP contribution is 2.24. The van der Waals surface area contributed by atoms with Gasteiger partial charge in [-0.3, -0.25) is 0 Å². The molecule has 0 radical (unpaired) electrons. The first-order valence-corrected chi connectivity index (χ1v) is 7.17. The second-order valence-electron chi connectivity index (χ2n) is 3.57. The molecule has 4 nitrogen and oxygen atoms in total. The molecule has 84 valence electrons. The molecule has 2 heterocycles. The van der Waals surface area contributed by atoms with Crippen molar-refractivity contribution in [2.75, 3.05) is 20.1 Å². The lowest BCUT2D eigenvalue weighted by molar-refractivity contribution is 0.466. The van der Waals surface area contributed by atoms with Crippen molar-refractivity contribution in [3.05, 3.63) is 17.5 Å². The number of hydrogen-bond donors (Lipinski definition) is 1. The van der Waals surface area contributed by atoms with Gasteiger partial charge < -0.3 is 5.32 Å². The number of nitrogens with zero attached hydrogens (tertiary/aromatic N) is 1. The summed E-state index contributed by atoms with van der Waals surface area (Å²) >= 11 is 1.28. The summed E-state index contributed by atoms with van der Waals surface area (Å²) in [6.45, 7) is 1.20. The topological polar surface area (TPSA) is 49.4 Å². The van der Waals surface area contributed by atoms with Crippen LogP contribution in [-0.2, 0) is 10.0 Å². The summed E-state index contributed by atoms with van der Waals surface area (Å²) in [6.07, 6.45) is 0.890. The van der Waals surface area contributed by atoms with Gasteiger partial charge in [0.1, 0.15) is 4.21 Å².